The molecule has 2 heterocycles. The van der Waals surface area contributed by atoms with E-state index in [9.17, 15) is 4.79 Å². The van der Waals surface area contributed by atoms with E-state index in [1.54, 1.807) is 18.6 Å². The molecule has 2 aromatic carbocycles. The lowest BCUT2D eigenvalue weighted by atomic mass is 10.2. The molecule has 0 bridgehead atoms. The lowest BCUT2D eigenvalue weighted by Crippen LogP contribution is -2.14. The van der Waals surface area contributed by atoms with Crippen molar-refractivity contribution in [1.82, 2.24) is 24.7 Å². The van der Waals surface area contributed by atoms with Crippen molar-refractivity contribution in [3.63, 3.8) is 0 Å². The fourth-order valence-electron chi connectivity index (χ4n) is 2.83. The van der Waals surface area contributed by atoms with Crippen molar-refractivity contribution in [1.29, 1.82) is 0 Å². The van der Waals surface area contributed by atoms with Gasteiger partial charge >= 0.3 is 0 Å². The minimum Gasteiger partial charge on any atom is -0.325 e. The standard InChI is InChI=1S/C22H20N6OS/c1-15-3-7-17(8-4-15)25-20(29)14-30-22-27-26-21(19-13-23-11-12-24-19)28(22)18-9-5-16(2)6-10-18/h3-13H,14H2,1-2H3,(H,25,29). The third kappa shape index (κ3) is 4.55. The van der Waals surface area contributed by atoms with Crippen molar-refractivity contribution >= 4 is 23.4 Å². The lowest BCUT2D eigenvalue weighted by Gasteiger charge is -2.10. The van der Waals surface area contributed by atoms with E-state index >= 15 is 0 Å². The van der Waals surface area contributed by atoms with Crippen LogP contribution in [0.25, 0.3) is 17.2 Å². The Hall–Kier alpha value is -3.52. The Labute approximate surface area is 178 Å². The van der Waals surface area contributed by atoms with E-state index in [-0.39, 0.29) is 11.7 Å². The molecule has 7 nitrogen and oxygen atoms in total. The van der Waals surface area contributed by atoms with Crippen LogP contribution in [-0.4, -0.2) is 36.4 Å². The van der Waals surface area contributed by atoms with Crippen LogP contribution in [0.2, 0.25) is 0 Å². The second-order valence-corrected chi connectivity index (χ2v) is 7.71. The molecule has 0 saturated heterocycles. The maximum Gasteiger partial charge on any atom is 0.234 e. The van der Waals surface area contributed by atoms with Crippen molar-refractivity contribution in [3.8, 4) is 17.2 Å². The normalized spacial score (nSPS) is 10.7. The first-order chi connectivity index (χ1) is 14.6. The number of hydrogen-bond donors (Lipinski definition) is 1. The van der Waals surface area contributed by atoms with Crippen LogP contribution >= 0.6 is 11.8 Å². The molecular formula is C22H20N6OS. The van der Waals surface area contributed by atoms with Gasteiger partial charge in [-0.2, -0.15) is 0 Å². The molecule has 0 spiro atoms. The average Bonchev–Trinajstić information content (AvgIpc) is 3.19. The molecule has 0 aliphatic carbocycles. The Kier molecular flexibility index (Phi) is 5.85. The molecule has 30 heavy (non-hydrogen) atoms. The largest absolute Gasteiger partial charge is 0.325 e. The SMILES string of the molecule is Cc1ccc(NC(=O)CSc2nnc(-c3cnccn3)n2-c2ccc(C)cc2)cc1. The first kappa shape index (κ1) is 19.8. The van der Waals surface area contributed by atoms with Gasteiger partial charge in [0.15, 0.2) is 11.0 Å². The number of hydrogen-bond acceptors (Lipinski definition) is 6. The van der Waals surface area contributed by atoms with Crippen molar-refractivity contribution in [2.75, 3.05) is 11.1 Å². The van der Waals surface area contributed by atoms with Crippen molar-refractivity contribution in [2.45, 2.75) is 19.0 Å². The molecule has 1 amide bonds. The highest BCUT2D eigenvalue weighted by molar-refractivity contribution is 7.99. The van der Waals surface area contributed by atoms with E-state index in [1.165, 1.54) is 11.8 Å². The molecule has 4 aromatic rings. The van der Waals surface area contributed by atoms with E-state index < -0.39 is 0 Å². The van der Waals surface area contributed by atoms with Gasteiger partial charge < -0.3 is 5.32 Å². The van der Waals surface area contributed by atoms with E-state index in [0.717, 1.165) is 22.5 Å². The zero-order chi connectivity index (χ0) is 20.9. The highest BCUT2D eigenvalue weighted by Gasteiger charge is 2.18. The number of carbonyl (C=O) groups excluding carboxylic acids is 1. The Morgan fingerprint density at radius 2 is 1.67 bits per heavy atom. The lowest BCUT2D eigenvalue weighted by molar-refractivity contribution is -0.113. The molecule has 4 rings (SSSR count). The zero-order valence-corrected chi connectivity index (χ0v) is 17.4. The van der Waals surface area contributed by atoms with Gasteiger partial charge in [-0.05, 0) is 38.1 Å². The predicted octanol–water partition coefficient (Wildman–Crippen LogP) is 4.07. The topological polar surface area (TPSA) is 85.6 Å². The van der Waals surface area contributed by atoms with E-state index in [4.69, 9.17) is 0 Å². The number of aromatic nitrogens is 5. The fraction of sp³-hybridized carbons (Fsp3) is 0.136. The smallest absolute Gasteiger partial charge is 0.234 e. The van der Waals surface area contributed by atoms with Crippen LogP contribution in [0.3, 0.4) is 0 Å². The summed E-state index contributed by atoms with van der Waals surface area (Å²) >= 11 is 1.32. The molecule has 0 unspecified atom stereocenters. The van der Waals surface area contributed by atoms with Gasteiger partial charge in [-0.3, -0.25) is 14.3 Å². The van der Waals surface area contributed by atoms with Crippen LogP contribution in [-0.2, 0) is 4.79 Å². The number of nitrogens with one attached hydrogen (secondary N) is 1. The maximum absolute atomic E-state index is 12.4. The molecule has 0 aliphatic rings. The summed E-state index contributed by atoms with van der Waals surface area (Å²) < 4.78 is 1.90. The van der Waals surface area contributed by atoms with Gasteiger partial charge in [0.2, 0.25) is 5.91 Å². The summed E-state index contributed by atoms with van der Waals surface area (Å²) in [7, 11) is 0. The molecule has 0 aliphatic heterocycles. The van der Waals surface area contributed by atoms with Crippen LogP contribution in [0, 0.1) is 13.8 Å². The van der Waals surface area contributed by atoms with Gasteiger partial charge in [0, 0.05) is 23.8 Å². The first-order valence-electron chi connectivity index (χ1n) is 9.38. The van der Waals surface area contributed by atoms with Crippen LogP contribution in [0.4, 0.5) is 5.69 Å². The molecule has 8 heteroatoms. The number of benzene rings is 2. The highest BCUT2D eigenvalue weighted by atomic mass is 32.2. The summed E-state index contributed by atoms with van der Waals surface area (Å²) in [5.41, 5.74) is 4.57. The van der Waals surface area contributed by atoms with Gasteiger partial charge in [-0.25, -0.2) is 4.98 Å². The Bertz CT molecular complexity index is 1140. The number of amides is 1. The molecule has 2 aromatic heterocycles. The van der Waals surface area contributed by atoms with Crippen molar-refractivity contribution < 1.29 is 4.79 Å². The van der Waals surface area contributed by atoms with E-state index in [0.29, 0.717) is 16.7 Å². The second kappa shape index (κ2) is 8.87. The third-order valence-electron chi connectivity index (χ3n) is 4.39. The minimum atomic E-state index is -0.108. The van der Waals surface area contributed by atoms with Gasteiger partial charge in [0.25, 0.3) is 0 Å². The molecule has 1 N–H and O–H groups in total. The summed E-state index contributed by atoms with van der Waals surface area (Å²) in [5.74, 6) is 0.676. The van der Waals surface area contributed by atoms with Crippen LogP contribution in [0.1, 0.15) is 11.1 Å². The Balaban J connectivity index is 1.58. The number of anilines is 1. The Morgan fingerprint density at radius 1 is 0.967 bits per heavy atom. The number of carbonyl (C=O) groups is 1. The second-order valence-electron chi connectivity index (χ2n) is 6.77. The van der Waals surface area contributed by atoms with Gasteiger partial charge in [0.1, 0.15) is 5.69 Å². The zero-order valence-electron chi connectivity index (χ0n) is 16.6. The van der Waals surface area contributed by atoms with Gasteiger partial charge in [-0.1, -0.05) is 47.2 Å². The third-order valence-corrected chi connectivity index (χ3v) is 5.31. The van der Waals surface area contributed by atoms with E-state index in [2.05, 4.69) is 25.5 Å². The highest BCUT2D eigenvalue weighted by Crippen LogP contribution is 2.27. The van der Waals surface area contributed by atoms with Crippen LogP contribution in [0.5, 0.6) is 0 Å². The summed E-state index contributed by atoms with van der Waals surface area (Å²) in [6.07, 6.45) is 4.87. The number of nitrogens with zero attached hydrogens (tertiary/aromatic N) is 5. The average molecular weight is 417 g/mol. The molecule has 0 fully saturated rings. The molecular weight excluding hydrogens is 396 g/mol. The summed E-state index contributed by atoms with van der Waals surface area (Å²) in [6, 6.07) is 15.7. The van der Waals surface area contributed by atoms with Crippen molar-refractivity contribution in [3.05, 3.63) is 78.2 Å². The number of rotatable bonds is 6. The summed E-state index contributed by atoms with van der Waals surface area (Å²) in [5, 5.41) is 12.1. The molecule has 0 radical (unpaired) electrons. The minimum absolute atomic E-state index is 0.108. The van der Waals surface area contributed by atoms with Gasteiger partial charge in [0.05, 0.1) is 11.9 Å². The molecule has 0 saturated carbocycles. The first-order valence-corrected chi connectivity index (χ1v) is 10.4. The summed E-state index contributed by atoms with van der Waals surface area (Å²) in [4.78, 5) is 20.9. The van der Waals surface area contributed by atoms with Gasteiger partial charge in [-0.15, -0.1) is 10.2 Å². The molecule has 150 valence electrons. The fourth-order valence-corrected chi connectivity index (χ4v) is 3.59. The quantitative estimate of drug-likeness (QED) is 0.477. The van der Waals surface area contributed by atoms with E-state index in [1.807, 2.05) is 66.9 Å². The van der Waals surface area contributed by atoms with Crippen LogP contribution in [0.15, 0.2) is 72.3 Å². The predicted molar refractivity (Wildman–Crippen MR) is 118 cm³/mol. The van der Waals surface area contributed by atoms with Crippen LogP contribution < -0.4 is 5.32 Å². The Morgan fingerprint density at radius 3 is 2.33 bits per heavy atom. The monoisotopic (exact) mass is 416 g/mol. The molecule has 0 atom stereocenters. The maximum atomic E-state index is 12.4. The summed E-state index contributed by atoms with van der Waals surface area (Å²) in [6.45, 7) is 4.04. The number of aryl methyl sites for hydroxylation is 2. The number of thioether (sulfide) groups is 1. The van der Waals surface area contributed by atoms with Crippen molar-refractivity contribution in [2.24, 2.45) is 0 Å².